The number of fused-ring (bicyclic) bond motifs is 1. The lowest BCUT2D eigenvalue weighted by Gasteiger charge is -2.28. The molecule has 2 aromatic carbocycles. The number of tetrazole rings is 1. The number of rotatable bonds is 4. The highest BCUT2D eigenvalue weighted by atomic mass is 79.9. The second-order valence-corrected chi connectivity index (χ2v) is 7.13. The topological polar surface area (TPSA) is 94.0 Å². The van der Waals surface area contributed by atoms with Crippen LogP contribution in [0.5, 0.6) is 5.75 Å². The van der Waals surface area contributed by atoms with Gasteiger partial charge in [-0.3, -0.25) is 4.79 Å². The molecule has 0 saturated carbocycles. The molecule has 1 aliphatic heterocycles. The number of hydrogen-bond donors (Lipinski definition) is 2. The number of methoxy groups -OCH3 is 1. The summed E-state index contributed by atoms with van der Waals surface area (Å²) in [5, 5.41) is 17.9. The van der Waals surface area contributed by atoms with Gasteiger partial charge in [-0.05, 0) is 47.2 Å². The van der Waals surface area contributed by atoms with Gasteiger partial charge in [-0.2, -0.15) is 4.68 Å². The fraction of sp³-hybridized carbons (Fsp3) is 0.158. The van der Waals surface area contributed by atoms with Crippen LogP contribution in [0, 0.1) is 0 Å². The average molecular weight is 441 g/mol. The SMILES string of the molecule is COc1ccccc1NC(=O)C1=C(C)Nc2nnnn2[C@H]1c1ccc(Br)cc1. The lowest BCUT2D eigenvalue weighted by molar-refractivity contribution is -0.113. The van der Waals surface area contributed by atoms with Crippen LogP contribution in [-0.2, 0) is 4.79 Å². The minimum absolute atomic E-state index is 0.261. The summed E-state index contributed by atoms with van der Waals surface area (Å²) in [5.41, 5.74) is 2.69. The number of halogens is 1. The van der Waals surface area contributed by atoms with Crippen molar-refractivity contribution in [2.45, 2.75) is 13.0 Å². The van der Waals surface area contributed by atoms with Crippen molar-refractivity contribution in [3.05, 3.63) is 69.8 Å². The van der Waals surface area contributed by atoms with E-state index in [1.54, 1.807) is 23.9 Å². The third-order valence-electron chi connectivity index (χ3n) is 4.50. The molecule has 0 spiro atoms. The number of nitrogens with zero attached hydrogens (tertiary/aromatic N) is 4. The minimum atomic E-state index is -0.464. The summed E-state index contributed by atoms with van der Waals surface area (Å²) in [6.07, 6.45) is 0. The highest BCUT2D eigenvalue weighted by Crippen LogP contribution is 2.36. The number of amides is 1. The molecule has 3 aromatic rings. The molecule has 0 aliphatic carbocycles. The Labute approximate surface area is 169 Å². The second-order valence-electron chi connectivity index (χ2n) is 6.22. The molecule has 1 atom stereocenters. The van der Waals surface area contributed by atoms with E-state index in [1.165, 1.54) is 0 Å². The van der Waals surface area contributed by atoms with Crippen molar-refractivity contribution in [2.24, 2.45) is 0 Å². The smallest absolute Gasteiger partial charge is 0.255 e. The molecule has 1 amide bonds. The molecule has 0 radical (unpaired) electrons. The molecule has 2 heterocycles. The van der Waals surface area contributed by atoms with E-state index in [4.69, 9.17) is 4.74 Å². The predicted octanol–water partition coefficient (Wildman–Crippen LogP) is 3.37. The first-order valence-corrected chi connectivity index (χ1v) is 9.33. The Hall–Kier alpha value is -3.20. The molecule has 9 heteroatoms. The van der Waals surface area contributed by atoms with Gasteiger partial charge >= 0.3 is 0 Å². The molecule has 2 N–H and O–H groups in total. The summed E-state index contributed by atoms with van der Waals surface area (Å²) >= 11 is 3.45. The standard InChI is InChI=1S/C19H17BrN6O2/c1-11-16(18(27)22-14-5-3-4-6-15(14)28-2)17(12-7-9-13(20)10-8-12)26-19(21-11)23-24-25-26/h3-10,17H,1-2H3,(H,22,27)(H,21,23,25)/t17-/m0/s1. The average Bonchev–Trinajstić information content (AvgIpc) is 3.16. The number of para-hydroxylation sites is 2. The fourth-order valence-corrected chi connectivity index (χ4v) is 3.46. The Kier molecular flexibility index (Phi) is 4.82. The van der Waals surface area contributed by atoms with Crippen molar-refractivity contribution in [2.75, 3.05) is 17.7 Å². The number of carbonyl (C=O) groups excluding carboxylic acids is 1. The third-order valence-corrected chi connectivity index (χ3v) is 5.03. The van der Waals surface area contributed by atoms with E-state index in [1.807, 2.05) is 43.3 Å². The molecule has 4 rings (SSSR count). The van der Waals surface area contributed by atoms with Crippen LogP contribution >= 0.6 is 15.9 Å². The second kappa shape index (κ2) is 7.43. The monoisotopic (exact) mass is 440 g/mol. The van der Waals surface area contributed by atoms with Crippen LogP contribution in [0.2, 0.25) is 0 Å². The van der Waals surface area contributed by atoms with Crippen LogP contribution in [0.4, 0.5) is 11.6 Å². The normalized spacial score (nSPS) is 15.6. The summed E-state index contributed by atoms with van der Waals surface area (Å²) in [7, 11) is 1.57. The molecule has 1 aliphatic rings. The van der Waals surface area contributed by atoms with Crippen molar-refractivity contribution in [1.29, 1.82) is 0 Å². The molecule has 0 bridgehead atoms. The summed E-state index contributed by atoms with van der Waals surface area (Å²) in [5.74, 6) is 0.809. The summed E-state index contributed by atoms with van der Waals surface area (Å²) in [6.45, 7) is 1.83. The lowest BCUT2D eigenvalue weighted by atomic mass is 9.95. The van der Waals surface area contributed by atoms with Crippen LogP contribution in [0.3, 0.4) is 0 Å². The van der Waals surface area contributed by atoms with Gasteiger partial charge in [0.15, 0.2) is 0 Å². The van der Waals surface area contributed by atoms with Crippen molar-refractivity contribution >= 4 is 33.5 Å². The van der Waals surface area contributed by atoms with Crippen molar-refractivity contribution < 1.29 is 9.53 Å². The quantitative estimate of drug-likeness (QED) is 0.645. The van der Waals surface area contributed by atoms with Crippen molar-refractivity contribution in [3.8, 4) is 5.75 Å². The van der Waals surface area contributed by atoms with E-state index in [0.717, 1.165) is 10.0 Å². The van der Waals surface area contributed by atoms with Gasteiger partial charge in [0.1, 0.15) is 11.8 Å². The number of allylic oxidation sites excluding steroid dienone is 1. The maximum absolute atomic E-state index is 13.3. The van der Waals surface area contributed by atoms with E-state index >= 15 is 0 Å². The van der Waals surface area contributed by atoms with Crippen LogP contribution in [0.1, 0.15) is 18.5 Å². The molecule has 0 fully saturated rings. The lowest BCUT2D eigenvalue weighted by Crippen LogP contribution is -2.31. The van der Waals surface area contributed by atoms with Gasteiger partial charge in [-0.25, -0.2) is 0 Å². The van der Waals surface area contributed by atoms with E-state index < -0.39 is 6.04 Å². The molecule has 28 heavy (non-hydrogen) atoms. The molecular weight excluding hydrogens is 424 g/mol. The molecule has 0 unspecified atom stereocenters. The Bertz CT molecular complexity index is 1060. The Morgan fingerprint density at radius 2 is 1.96 bits per heavy atom. The van der Waals surface area contributed by atoms with Gasteiger partial charge in [-0.1, -0.05) is 45.3 Å². The zero-order chi connectivity index (χ0) is 19.7. The Morgan fingerprint density at radius 3 is 2.71 bits per heavy atom. The Balaban J connectivity index is 1.76. The number of hydrogen-bond acceptors (Lipinski definition) is 6. The third kappa shape index (κ3) is 3.24. The summed E-state index contributed by atoms with van der Waals surface area (Å²) in [4.78, 5) is 13.3. The van der Waals surface area contributed by atoms with Crippen LogP contribution in [-0.4, -0.2) is 33.2 Å². The number of carbonyl (C=O) groups is 1. The molecular formula is C19H17BrN6O2. The molecule has 142 valence electrons. The number of anilines is 2. The highest BCUT2D eigenvalue weighted by molar-refractivity contribution is 9.10. The molecule has 0 saturated heterocycles. The minimum Gasteiger partial charge on any atom is -0.495 e. The van der Waals surface area contributed by atoms with Gasteiger partial charge in [0.2, 0.25) is 5.95 Å². The number of ether oxygens (including phenoxy) is 1. The predicted molar refractivity (Wildman–Crippen MR) is 108 cm³/mol. The zero-order valence-electron chi connectivity index (χ0n) is 15.2. The molecule has 8 nitrogen and oxygen atoms in total. The fourth-order valence-electron chi connectivity index (χ4n) is 3.20. The maximum atomic E-state index is 13.3. The first-order chi connectivity index (χ1) is 13.6. The van der Waals surface area contributed by atoms with Crippen LogP contribution < -0.4 is 15.4 Å². The number of nitrogens with one attached hydrogen (secondary N) is 2. The highest BCUT2D eigenvalue weighted by Gasteiger charge is 2.34. The summed E-state index contributed by atoms with van der Waals surface area (Å²) in [6, 6.07) is 14.5. The van der Waals surface area contributed by atoms with Crippen molar-refractivity contribution in [1.82, 2.24) is 20.2 Å². The Morgan fingerprint density at radius 1 is 1.21 bits per heavy atom. The van der Waals surface area contributed by atoms with Gasteiger partial charge in [0, 0.05) is 10.2 Å². The first-order valence-electron chi connectivity index (χ1n) is 8.54. The van der Waals surface area contributed by atoms with Gasteiger partial charge in [-0.15, -0.1) is 0 Å². The largest absolute Gasteiger partial charge is 0.495 e. The number of benzene rings is 2. The zero-order valence-corrected chi connectivity index (χ0v) is 16.8. The van der Waals surface area contributed by atoms with E-state index in [9.17, 15) is 4.79 Å². The molecule has 1 aromatic heterocycles. The number of aromatic nitrogens is 4. The maximum Gasteiger partial charge on any atom is 0.255 e. The summed E-state index contributed by atoms with van der Waals surface area (Å²) < 4.78 is 7.89. The van der Waals surface area contributed by atoms with Gasteiger partial charge < -0.3 is 15.4 Å². The van der Waals surface area contributed by atoms with E-state index in [0.29, 0.717) is 28.7 Å². The van der Waals surface area contributed by atoms with Crippen LogP contribution in [0.15, 0.2) is 64.3 Å². The van der Waals surface area contributed by atoms with E-state index in [-0.39, 0.29) is 5.91 Å². The van der Waals surface area contributed by atoms with Gasteiger partial charge in [0.05, 0.1) is 18.4 Å². The van der Waals surface area contributed by atoms with Crippen molar-refractivity contribution in [3.63, 3.8) is 0 Å². The van der Waals surface area contributed by atoms with E-state index in [2.05, 4.69) is 42.1 Å². The van der Waals surface area contributed by atoms with Crippen LogP contribution in [0.25, 0.3) is 0 Å². The van der Waals surface area contributed by atoms with Gasteiger partial charge in [0.25, 0.3) is 5.91 Å². The first kappa shape index (κ1) is 18.2.